The number of hydrogen-bond donors (Lipinski definition) is 11. The largest absolute Gasteiger partial charge is 0.470 e. The number of carbonyl (C=O) groups is 3. The zero-order valence-electron chi connectivity index (χ0n) is 50.3. The van der Waals surface area contributed by atoms with Gasteiger partial charge in [0.2, 0.25) is 11.8 Å². The smallest absolute Gasteiger partial charge is 0.462 e. The first kappa shape index (κ1) is 79.0. The molecule has 0 radical (unpaired) electrons. The monoisotopic (exact) mass is 1290 g/mol. The van der Waals surface area contributed by atoms with E-state index in [2.05, 4.69) is 39.8 Å². The van der Waals surface area contributed by atoms with E-state index in [1.165, 1.54) is 32.1 Å². The maximum atomic E-state index is 14.0. The van der Waals surface area contributed by atoms with E-state index in [9.17, 15) is 75.7 Å². The number of nitrogens with one attached hydrogen (secondary N) is 2. The van der Waals surface area contributed by atoms with Crippen LogP contribution in [0.4, 0.5) is 0 Å². The van der Waals surface area contributed by atoms with Crippen LogP contribution in [0.15, 0.2) is 0 Å². The summed E-state index contributed by atoms with van der Waals surface area (Å²) in [5.74, 6) is -2.22. The lowest BCUT2D eigenvalue weighted by molar-refractivity contribution is -0.304. The van der Waals surface area contributed by atoms with Crippen molar-refractivity contribution in [3.05, 3.63) is 0 Å². The van der Waals surface area contributed by atoms with Crippen LogP contribution in [0.3, 0.4) is 0 Å². The van der Waals surface area contributed by atoms with Crippen molar-refractivity contribution >= 4 is 46.4 Å². The second-order valence-electron chi connectivity index (χ2n) is 22.5. The highest BCUT2D eigenvalue weighted by molar-refractivity contribution is 7.81. The summed E-state index contributed by atoms with van der Waals surface area (Å²) < 4.78 is 119. The quantitative estimate of drug-likeness (QED) is 0.0148. The van der Waals surface area contributed by atoms with E-state index in [1.807, 2.05) is 0 Å². The van der Waals surface area contributed by atoms with Crippen LogP contribution in [-0.2, 0) is 76.3 Å². The van der Waals surface area contributed by atoms with E-state index in [0.717, 1.165) is 122 Å². The third-order valence-corrected chi connectivity index (χ3v) is 16.4. The van der Waals surface area contributed by atoms with Crippen LogP contribution in [0.2, 0.25) is 0 Å². The Hall–Kier alpha value is -2.10. The van der Waals surface area contributed by atoms with Crippen LogP contribution in [0.1, 0.15) is 226 Å². The fourth-order valence-electron chi connectivity index (χ4n) is 10.3. The summed E-state index contributed by atoms with van der Waals surface area (Å²) in [6, 6.07) is -3.56. The molecule has 2 rings (SSSR count). The Balaban J connectivity index is 2.37. The second-order valence-corrected chi connectivity index (χ2v) is 25.8. The molecule has 11 unspecified atom stereocenters. The number of rotatable bonds is 51. The van der Waals surface area contributed by atoms with Crippen LogP contribution in [0.25, 0.3) is 0 Å². The molecule has 0 bridgehead atoms. The number of amides is 2. The lowest BCUT2D eigenvalue weighted by Crippen LogP contribution is -2.67. The Bertz CT molecular complexity index is 2080. The zero-order chi connectivity index (χ0) is 63.3. The van der Waals surface area contributed by atoms with Crippen molar-refractivity contribution in [2.24, 2.45) is 0 Å². The first-order valence-corrected chi connectivity index (χ1v) is 35.2. The van der Waals surface area contributed by atoms with Gasteiger partial charge in [-0.3, -0.25) is 28.0 Å². The summed E-state index contributed by atoms with van der Waals surface area (Å²) in [5, 5.41) is 60.7. The minimum absolute atomic E-state index is 0.119. The molecule has 27 nitrogen and oxygen atoms in total. The number of hydrogen-bond acceptors (Lipinski definition) is 21. The van der Waals surface area contributed by atoms with Crippen molar-refractivity contribution in [3.63, 3.8) is 0 Å². The molecular formula is C55H105N2O25PS2. The van der Waals surface area contributed by atoms with Crippen LogP contribution >= 0.6 is 7.82 Å². The van der Waals surface area contributed by atoms with Gasteiger partial charge in [0, 0.05) is 6.42 Å². The molecule has 2 amide bonds. The number of phosphoric ester groups is 1. The van der Waals surface area contributed by atoms with Crippen molar-refractivity contribution < 1.29 is 117 Å². The predicted octanol–water partition coefficient (Wildman–Crippen LogP) is 5.81. The molecule has 0 aromatic heterocycles. The van der Waals surface area contributed by atoms with E-state index in [-0.39, 0.29) is 12.8 Å². The molecule has 2 saturated heterocycles. The van der Waals surface area contributed by atoms with Gasteiger partial charge in [-0.2, -0.15) is 16.8 Å². The van der Waals surface area contributed by atoms with Crippen molar-refractivity contribution in [2.45, 2.75) is 306 Å². The van der Waals surface area contributed by atoms with E-state index in [0.29, 0.717) is 25.7 Å². The van der Waals surface area contributed by atoms with Crippen LogP contribution in [0.5, 0.6) is 0 Å². The normalized spacial score (nSPS) is 24.2. The maximum Gasteiger partial charge on any atom is 0.470 e. The third-order valence-electron chi connectivity index (χ3n) is 14.9. The third kappa shape index (κ3) is 37.0. The molecule has 85 heavy (non-hydrogen) atoms. The van der Waals surface area contributed by atoms with Gasteiger partial charge in [0.25, 0.3) is 0 Å². The minimum atomic E-state index is -5.43. The molecule has 2 aliphatic heterocycles. The first-order valence-electron chi connectivity index (χ1n) is 31.0. The molecule has 0 aromatic rings. The van der Waals surface area contributed by atoms with Gasteiger partial charge in [0.05, 0.1) is 45.4 Å². The molecule has 30 heteroatoms. The standard InChI is InChI=1S/C55H105N2O25PS2/c1-4-7-10-13-16-19-22-25-28-31-40(59)34-45(60)56-48-51(64)50(63)44(80-54(48)75-37-42(82-85(72,73)74)38-77-84(69,70)71)39-76-55-49(52(65)53(43(36-58)79-55)81-83(66,67)68)57-46(61)35-41(32-29-26-23-20-17-14-11-8-5-2)78-47(62)33-30-27-24-21-18-15-12-9-6-3/h40-44,48-55,58-59,63-65H,4-39H2,1-3H3,(H,56,60)(H,57,61)(H2,66,67,68)(H,69,70,71)(H,72,73,74)/t40-,41-,42?,43?,44?,48?,49?,50?,51?,52?,53?,54?,55?/m1/s1. The molecule has 0 aromatic carbocycles. The number of esters is 1. The van der Waals surface area contributed by atoms with E-state index >= 15 is 0 Å². The van der Waals surface area contributed by atoms with Crippen molar-refractivity contribution in [2.75, 3.05) is 26.4 Å². The molecule has 0 spiro atoms. The predicted molar refractivity (Wildman–Crippen MR) is 310 cm³/mol. The average molecular weight is 1290 g/mol. The van der Waals surface area contributed by atoms with E-state index in [4.69, 9.17) is 32.8 Å². The Labute approximate surface area is 504 Å². The Morgan fingerprint density at radius 2 is 1.00 bits per heavy atom. The number of carbonyl (C=O) groups excluding carboxylic acids is 3. The number of unbranched alkanes of at least 4 members (excludes halogenated alkanes) is 24. The summed E-state index contributed by atoms with van der Waals surface area (Å²) >= 11 is 0. The number of phosphoric acid groups is 1. The molecular weight excluding hydrogens is 1180 g/mol. The van der Waals surface area contributed by atoms with Gasteiger partial charge in [-0.25, -0.2) is 12.9 Å². The first-order chi connectivity index (χ1) is 40.3. The van der Waals surface area contributed by atoms with Crippen molar-refractivity contribution in [3.8, 4) is 0 Å². The molecule has 0 aliphatic carbocycles. The summed E-state index contributed by atoms with van der Waals surface area (Å²) in [5.41, 5.74) is 0. The number of aliphatic hydroxyl groups is 5. The van der Waals surface area contributed by atoms with Crippen LogP contribution in [-0.4, -0.2) is 185 Å². The molecule has 2 fully saturated rings. The Kier molecular flexibility index (Phi) is 41.2. The highest BCUT2D eigenvalue weighted by Gasteiger charge is 2.51. The number of aliphatic hydroxyl groups excluding tert-OH is 5. The van der Waals surface area contributed by atoms with Gasteiger partial charge in [-0.1, -0.05) is 181 Å². The second kappa shape index (κ2) is 44.4. The maximum absolute atomic E-state index is 14.0. The molecule has 2 heterocycles. The SMILES string of the molecule is CCCCCCCCCCCC(=O)O[C@H](CCCCCCCCCCC)CC(=O)NC1C(OCC2OC(OCC(COS(=O)(=O)O)OS(=O)(=O)O)C(NC(=O)C[C@H](O)CCCCCCCCCCC)C(O)C2O)OC(CO)C(OP(=O)(O)O)C1O. The van der Waals surface area contributed by atoms with Crippen molar-refractivity contribution in [1.29, 1.82) is 0 Å². The van der Waals surface area contributed by atoms with E-state index < -0.39 is 165 Å². The van der Waals surface area contributed by atoms with Gasteiger partial charge in [-0.15, -0.1) is 0 Å². The lowest BCUT2D eigenvalue weighted by atomic mass is 9.95. The highest BCUT2D eigenvalue weighted by atomic mass is 32.3. The summed E-state index contributed by atoms with van der Waals surface area (Å²) in [6.45, 7) is 2.12. The van der Waals surface area contributed by atoms with Gasteiger partial charge in [0.15, 0.2) is 12.6 Å². The van der Waals surface area contributed by atoms with Crippen LogP contribution < -0.4 is 10.6 Å². The Morgan fingerprint density at radius 3 is 1.48 bits per heavy atom. The summed E-state index contributed by atoms with van der Waals surface area (Å²) in [4.78, 5) is 60.2. The fourth-order valence-corrected chi connectivity index (χ4v) is 11.6. The summed E-state index contributed by atoms with van der Waals surface area (Å²) in [7, 11) is -16.0. The average Bonchev–Trinajstić information content (AvgIpc) is 3.03. The van der Waals surface area contributed by atoms with Crippen LogP contribution in [0, 0.1) is 0 Å². The van der Waals surface area contributed by atoms with Crippen molar-refractivity contribution in [1.82, 2.24) is 10.6 Å². The fraction of sp³-hybridized carbons (Fsp3) is 0.945. The molecule has 502 valence electrons. The molecule has 2 aliphatic rings. The van der Waals surface area contributed by atoms with Gasteiger partial charge < -0.3 is 69.6 Å². The minimum Gasteiger partial charge on any atom is -0.462 e. The van der Waals surface area contributed by atoms with Gasteiger partial charge >= 0.3 is 34.6 Å². The lowest BCUT2D eigenvalue weighted by Gasteiger charge is -2.45. The topological polar surface area (TPSA) is 417 Å². The highest BCUT2D eigenvalue weighted by Crippen LogP contribution is 2.42. The van der Waals surface area contributed by atoms with E-state index in [1.54, 1.807) is 0 Å². The van der Waals surface area contributed by atoms with Gasteiger partial charge in [0.1, 0.15) is 60.9 Å². The molecule has 0 saturated carbocycles. The zero-order valence-corrected chi connectivity index (χ0v) is 52.8. The summed E-state index contributed by atoms with van der Waals surface area (Å²) in [6.07, 6.45) is 7.31. The Morgan fingerprint density at radius 1 is 0.553 bits per heavy atom. The number of ether oxygens (including phenoxy) is 5. The molecule has 13 atom stereocenters. The van der Waals surface area contributed by atoms with Gasteiger partial charge in [-0.05, 0) is 25.7 Å². The molecule has 11 N–H and O–H groups in total.